The Bertz CT molecular complexity index is 822. The highest BCUT2D eigenvalue weighted by Crippen LogP contribution is 2.14. The van der Waals surface area contributed by atoms with Gasteiger partial charge in [0, 0.05) is 37.4 Å². The van der Waals surface area contributed by atoms with Crippen LogP contribution in [0.1, 0.15) is 11.4 Å². The predicted molar refractivity (Wildman–Crippen MR) is 84.2 cm³/mol. The molecule has 2 N–H and O–H groups in total. The van der Waals surface area contributed by atoms with Crippen molar-refractivity contribution in [1.29, 1.82) is 0 Å². The lowest BCUT2D eigenvalue weighted by molar-refractivity contribution is 0.967. The first-order chi connectivity index (χ1) is 11.4. The van der Waals surface area contributed by atoms with Crippen LogP contribution in [-0.2, 0) is 6.42 Å². The second-order valence-corrected chi connectivity index (χ2v) is 4.94. The molecule has 4 aromatic rings. The van der Waals surface area contributed by atoms with Crippen molar-refractivity contribution >= 4 is 0 Å². The number of imidazole rings is 1. The summed E-state index contributed by atoms with van der Waals surface area (Å²) >= 11 is 0. The predicted octanol–water partition coefficient (Wildman–Crippen LogP) is 2.24. The lowest BCUT2D eigenvalue weighted by Crippen LogP contribution is -2.00. The Kier molecular flexibility index (Phi) is 3.36. The van der Waals surface area contributed by atoms with Gasteiger partial charge in [-0.25, -0.2) is 24.9 Å². The Morgan fingerprint density at radius 2 is 1.52 bits per heavy atom. The minimum absolute atomic E-state index is 0.575. The number of nitrogens with zero attached hydrogens (tertiary/aromatic N) is 5. The summed E-state index contributed by atoms with van der Waals surface area (Å²) in [6.45, 7) is 0. The molecule has 0 bridgehead atoms. The molecule has 0 fully saturated rings. The zero-order chi connectivity index (χ0) is 15.5. The summed E-state index contributed by atoms with van der Waals surface area (Å²) in [5.41, 5.74) is 2.67. The minimum Gasteiger partial charge on any atom is -0.359 e. The van der Waals surface area contributed by atoms with E-state index >= 15 is 0 Å². The SMILES string of the molecule is c1c[nH]c(-c2nccc(Cc3ccnc(-c4ncc[nH]4)n3)n2)c1. The van der Waals surface area contributed by atoms with Gasteiger partial charge in [0.2, 0.25) is 0 Å². The standard InChI is InChI=1S/C16H13N7/c1-2-13(17-5-1)14-18-6-3-11(22-14)10-12-4-7-19-16(23-12)15-20-8-9-21-15/h1-9,17H,10H2,(H,20,21). The van der Waals surface area contributed by atoms with E-state index in [2.05, 4.69) is 34.9 Å². The highest BCUT2D eigenvalue weighted by atomic mass is 15.0. The number of H-pyrrole nitrogens is 2. The van der Waals surface area contributed by atoms with Crippen LogP contribution < -0.4 is 0 Å². The molecule has 23 heavy (non-hydrogen) atoms. The maximum absolute atomic E-state index is 4.58. The Morgan fingerprint density at radius 3 is 2.22 bits per heavy atom. The Morgan fingerprint density at radius 1 is 0.739 bits per heavy atom. The number of nitrogens with one attached hydrogen (secondary N) is 2. The fraction of sp³-hybridized carbons (Fsp3) is 0.0625. The van der Waals surface area contributed by atoms with Crippen LogP contribution in [0.15, 0.2) is 55.2 Å². The van der Waals surface area contributed by atoms with E-state index in [0.29, 0.717) is 23.9 Å². The number of aromatic amines is 2. The average Bonchev–Trinajstić information content (AvgIpc) is 3.29. The average molecular weight is 303 g/mol. The topological polar surface area (TPSA) is 96.0 Å². The van der Waals surface area contributed by atoms with Gasteiger partial charge in [-0.05, 0) is 24.3 Å². The molecule has 0 aliphatic rings. The maximum Gasteiger partial charge on any atom is 0.195 e. The molecule has 0 unspecified atom stereocenters. The van der Waals surface area contributed by atoms with Crippen molar-refractivity contribution in [3.8, 4) is 23.2 Å². The Balaban J connectivity index is 1.61. The molecular weight excluding hydrogens is 290 g/mol. The van der Waals surface area contributed by atoms with Crippen LogP contribution in [-0.4, -0.2) is 34.9 Å². The molecule has 0 saturated heterocycles. The molecule has 0 saturated carbocycles. The maximum atomic E-state index is 4.58. The summed E-state index contributed by atoms with van der Waals surface area (Å²) in [4.78, 5) is 27.9. The molecule has 4 aromatic heterocycles. The Hall–Kier alpha value is -3.35. The first-order valence-electron chi connectivity index (χ1n) is 7.16. The van der Waals surface area contributed by atoms with Crippen molar-refractivity contribution in [1.82, 2.24) is 34.9 Å². The molecule has 0 aromatic carbocycles. The van der Waals surface area contributed by atoms with Gasteiger partial charge in [-0.2, -0.15) is 0 Å². The third-order valence-corrected chi connectivity index (χ3v) is 3.34. The molecule has 4 rings (SSSR count). The van der Waals surface area contributed by atoms with Crippen LogP contribution >= 0.6 is 0 Å². The van der Waals surface area contributed by atoms with Crippen LogP contribution in [0.3, 0.4) is 0 Å². The largest absolute Gasteiger partial charge is 0.359 e. The molecule has 7 heteroatoms. The summed E-state index contributed by atoms with van der Waals surface area (Å²) < 4.78 is 0. The summed E-state index contributed by atoms with van der Waals surface area (Å²) in [6.07, 6.45) is 9.37. The van der Waals surface area contributed by atoms with Crippen LogP contribution in [0.25, 0.3) is 23.2 Å². The number of rotatable bonds is 4. The zero-order valence-electron chi connectivity index (χ0n) is 12.1. The molecule has 112 valence electrons. The molecule has 0 spiro atoms. The van der Waals surface area contributed by atoms with Crippen molar-refractivity contribution in [2.75, 3.05) is 0 Å². The Labute approximate surface area is 131 Å². The number of aromatic nitrogens is 7. The summed E-state index contributed by atoms with van der Waals surface area (Å²) in [7, 11) is 0. The molecule has 4 heterocycles. The summed E-state index contributed by atoms with van der Waals surface area (Å²) in [6, 6.07) is 7.63. The van der Waals surface area contributed by atoms with Gasteiger partial charge in [0.1, 0.15) is 0 Å². The molecule has 0 radical (unpaired) electrons. The lowest BCUT2D eigenvalue weighted by Gasteiger charge is -2.04. The second kappa shape index (κ2) is 5.80. The van der Waals surface area contributed by atoms with E-state index < -0.39 is 0 Å². The van der Waals surface area contributed by atoms with Gasteiger partial charge < -0.3 is 9.97 Å². The van der Waals surface area contributed by atoms with Crippen molar-refractivity contribution in [2.45, 2.75) is 6.42 Å². The van der Waals surface area contributed by atoms with Gasteiger partial charge in [-0.15, -0.1) is 0 Å². The van der Waals surface area contributed by atoms with Gasteiger partial charge in [-0.3, -0.25) is 0 Å². The van der Waals surface area contributed by atoms with Gasteiger partial charge in [0.05, 0.1) is 17.1 Å². The van der Waals surface area contributed by atoms with Crippen LogP contribution in [0, 0.1) is 0 Å². The van der Waals surface area contributed by atoms with E-state index in [9.17, 15) is 0 Å². The van der Waals surface area contributed by atoms with E-state index in [4.69, 9.17) is 0 Å². The molecule has 0 amide bonds. The fourth-order valence-corrected chi connectivity index (χ4v) is 2.28. The monoisotopic (exact) mass is 303 g/mol. The number of hydrogen-bond acceptors (Lipinski definition) is 5. The minimum atomic E-state index is 0.575. The van der Waals surface area contributed by atoms with Gasteiger partial charge in [0.15, 0.2) is 17.5 Å². The lowest BCUT2D eigenvalue weighted by atomic mass is 10.2. The van der Waals surface area contributed by atoms with Crippen LogP contribution in [0.5, 0.6) is 0 Å². The smallest absolute Gasteiger partial charge is 0.195 e. The molecule has 0 aliphatic heterocycles. The van der Waals surface area contributed by atoms with E-state index in [-0.39, 0.29) is 0 Å². The van der Waals surface area contributed by atoms with E-state index in [1.807, 2.05) is 30.5 Å². The first kappa shape index (κ1) is 13.3. The molecular formula is C16H13N7. The third-order valence-electron chi connectivity index (χ3n) is 3.34. The van der Waals surface area contributed by atoms with Crippen molar-refractivity contribution < 1.29 is 0 Å². The molecule has 0 aliphatic carbocycles. The van der Waals surface area contributed by atoms with Crippen molar-refractivity contribution in [2.24, 2.45) is 0 Å². The summed E-state index contributed by atoms with van der Waals surface area (Å²) in [5, 5.41) is 0. The molecule has 7 nitrogen and oxygen atoms in total. The highest BCUT2D eigenvalue weighted by molar-refractivity contribution is 5.49. The van der Waals surface area contributed by atoms with Crippen LogP contribution in [0.2, 0.25) is 0 Å². The second-order valence-electron chi connectivity index (χ2n) is 4.94. The van der Waals surface area contributed by atoms with E-state index in [0.717, 1.165) is 17.1 Å². The normalized spacial score (nSPS) is 10.8. The van der Waals surface area contributed by atoms with E-state index in [1.54, 1.807) is 24.8 Å². The zero-order valence-corrected chi connectivity index (χ0v) is 12.1. The quantitative estimate of drug-likeness (QED) is 0.602. The highest BCUT2D eigenvalue weighted by Gasteiger charge is 2.08. The van der Waals surface area contributed by atoms with Crippen LogP contribution in [0.4, 0.5) is 0 Å². The first-order valence-corrected chi connectivity index (χ1v) is 7.16. The molecule has 0 atom stereocenters. The number of hydrogen-bond donors (Lipinski definition) is 2. The van der Waals surface area contributed by atoms with E-state index in [1.165, 1.54) is 0 Å². The van der Waals surface area contributed by atoms with Crippen molar-refractivity contribution in [3.63, 3.8) is 0 Å². The van der Waals surface area contributed by atoms with Gasteiger partial charge >= 0.3 is 0 Å². The van der Waals surface area contributed by atoms with Crippen molar-refractivity contribution in [3.05, 3.63) is 66.6 Å². The van der Waals surface area contributed by atoms with Gasteiger partial charge in [-0.1, -0.05) is 0 Å². The summed E-state index contributed by atoms with van der Waals surface area (Å²) in [5.74, 6) is 1.90. The fourth-order valence-electron chi connectivity index (χ4n) is 2.28. The third kappa shape index (κ3) is 2.84. The van der Waals surface area contributed by atoms with Gasteiger partial charge in [0.25, 0.3) is 0 Å².